The van der Waals surface area contributed by atoms with Crippen LogP contribution < -0.4 is 11.1 Å². The summed E-state index contributed by atoms with van der Waals surface area (Å²) in [5.74, 6) is 0. The average molecular weight is 243 g/mol. The molecule has 1 heterocycles. The monoisotopic (exact) mass is 243 g/mol. The van der Waals surface area contributed by atoms with E-state index in [-0.39, 0.29) is 12.1 Å². The summed E-state index contributed by atoms with van der Waals surface area (Å²) in [6.07, 6.45) is 5.40. The van der Waals surface area contributed by atoms with E-state index >= 15 is 0 Å². The zero-order valence-corrected chi connectivity index (χ0v) is 11.4. The summed E-state index contributed by atoms with van der Waals surface area (Å²) in [5.41, 5.74) is 6.11. The first-order chi connectivity index (χ1) is 8.12. The molecule has 0 aromatic rings. The molecule has 0 bridgehead atoms. The van der Waals surface area contributed by atoms with Crippen molar-refractivity contribution in [2.45, 2.75) is 50.6 Å². The van der Waals surface area contributed by atoms with E-state index in [0.717, 1.165) is 32.2 Å². The highest BCUT2D eigenvalue weighted by atomic mass is 16.2. The molecule has 4 N–H and O–H groups in total. The Morgan fingerprint density at radius 3 is 2.82 bits per heavy atom. The van der Waals surface area contributed by atoms with Gasteiger partial charge in [0.05, 0.1) is 0 Å². The molecule has 0 amide bonds. The SMILES string of the molecule is CC(CCCO)NC1(CN)CCCN(C)CC1. The number of nitrogens with one attached hydrogen (secondary N) is 1. The van der Waals surface area contributed by atoms with E-state index < -0.39 is 0 Å². The van der Waals surface area contributed by atoms with Gasteiger partial charge in [-0.3, -0.25) is 0 Å². The van der Waals surface area contributed by atoms with Crippen molar-refractivity contribution in [2.75, 3.05) is 33.3 Å². The van der Waals surface area contributed by atoms with Crippen molar-refractivity contribution >= 4 is 0 Å². The molecule has 2 unspecified atom stereocenters. The number of rotatable bonds is 6. The highest BCUT2D eigenvalue weighted by Crippen LogP contribution is 2.22. The molecular weight excluding hydrogens is 214 g/mol. The van der Waals surface area contributed by atoms with Crippen molar-refractivity contribution < 1.29 is 5.11 Å². The second-order valence-corrected chi connectivity index (χ2v) is 5.55. The fourth-order valence-corrected chi connectivity index (χ4v) is 2.73. The van der Waals surface area contributed by atoms with Crippen molar-refractivity contribution in [3.05, 3.63) is 0 Å². The Bertz CT molecular complexity index is 213. The van der Waals surface area contributed by atoms with E-state index in [4.69, 9.17) is 10.8 Å². The molecule has 0 saturated carbocycles. The summed E-state index contributed by atoms with van der Waals surface area (Å²) < 4.78 is 0. The quantitative estimate of drug-likeness (QED) is 0.637. The molecule has 0 aromatic heterocycles. The van der Waals surface area contributed by atoms with E-state index in [1.165, 1.54) is 13.0 Å². The average Bonchev–Trinajstić information content (AvgIpc) is 2.50. The van der Waals surface area contributed by atoms with Crippen LogP contribution in [-0.4, -0.2) is 54.9 Å². The minimum absolute atomic E-state index is 0.111. The molecule has 0 aliphatic carbocycles. The molecule has 4 heteroatoms. The Balaban J connectivity index is 2.49. The molecule has 0 spiro atoms. The maximum Gasteiger partial charge on any atom is 0.0431 e. The van der Waals surface area contributed by atoms with Crippen LogP contribution in [0.3, 0.4) is 0 Å². The lowest BCUT2D eigenvalue weighted by Gasteiger charge is -2.36. The zero-order valence-electron chi connectivity index (χ0n) is 11.4. The molecule has 102 valence electrons. The van der Waals surface area contributed by atoms with Crippen molar-refractivity contribution in [1.82, 2.24) is 10.2 Å². The van der Waals surface area contributed by atoms with Crippen LogP contribution in [0.1, 0.15) is 39.0 Å². The van der Waals surface area contributed by atoms with E-state index in [1.54, 1.807) is 0 Å². The minimum atomic E-state index is 0.111. The molecule has 0 aromatic carbocycles. The number of hydrogen-bond donors (Lipinski definition) is 3. The number of aliphatic hydroxyl groups excluding tert-OH is 1. The Labute approximate surface area is 106 Å². The summed E-state index contributed by atoms with van der Waals surface area (Å²) in [6, 6.07) is 0.439. The van der Waals surface area contributed by atoms with Gasteiger partial charge in [-0.05, 0) is 59.2 Å². The molecule has 1 fully saturated rings. The number of nitrogens with two attached hydrogens (primary N) is 1. The zero-order chi connectivity index (χ0) is 12.7. The first-order valence-electron chi connectivity index (χ1n) is 6.89. The fraction of sp³-hybridized carbons (Fsp3) is 1.00. The molecule has 1 rings (SSSR count). The first kappa shape index (κ1) is 14.9. The summed E-state index contributed by atoms with van der Waals surface area (Å²) in [7, 11) is 2.18. The summed E-state index contributed by atoms with van der Waals surface area (Å²) in [6.45, 7) is 5.49. The van der Waals surface area contributed by atoms with E-state index in [2.05, 4.69) is 24.2 Å². The summed E-state index contributed by atoms with van der Waals surface area (Å²) in [5, 5.41) is 12.6. The fourth-order valence-electron chi connectivity index (χ4n) is 2.73. The number of nitrogens with zero attached hydrogens (tertiary/aromatic N) is 1. The van der Waals surface area contributed by atoms with Crippen molar-refractivity contribution in [3.8, 4) is 0 Å². The van der Waals surface area contributed by atoms with E-state index in [9.17, 15) is 0 Å². The van der Waals surface area contributed by atoms with Crippen LogP contribution >= 0.6 is 0 Å². The van der Waals surface area contributed by atoms with Crippen LogP contribution in [0.5, 0.6) is 0 Å². The Hall–Kier alpha value is -0.160. The lowest BCUT2D eigenvalue weighted by Crippen LogP contribution is -2.54. The van der Waals surface area contributed by atoms with Crippen molar-refractivity contribution in [1.29, 1.82) is 0 Å². The molecule has 17 heavy (non-hydrogen) atoms. The number of aliphatic hydroxyl groups is 1. The van der Waals surface area contributed by atoms with E-state index in [1.807, 2.05) is 0 Å². The van der Waals surface area contributed by atoms with Gasteiger partial charge in [0.1, 0.15) is 0 Å². The van der Waals surface area contributed by atoms with Crippen LogP contribution in [0, 0.1) is 0 Å². The summed E-state index contributed by atoms with van der Waals surface area (Å²) in [4.78, 5) is 2.39. The van der Waals surface area contributed by atoms with Gasteiger partial charge in [-0.15, -0.1) is 0 Å². The van der Waals surface area contributed by atoms with Crippen LogP contribution in [0.25, 0.3) is 0 Å². The molecule has 0 radical (unpaired) electrons. The van der Waals surface area contributed by atoms with Gasteiger partial charge in [-0.1, -0.05) is 0 Å². The highest BCUT2D eigenvalue weighted by Gasteiger charge is 2.31. The van der Waals surface area contributed by atoms with Gasteiger partial charge >= 0.3 is 0 Å². The van der Waals surface area contributed by atoms with Crippen molar-refractivity contribution in [2.24, 2.45) is 5.73 Å². The van der Waals surface area contributed by atoms with Gasteiger partial charge in [0.25, 0.3) is 0 Å². The molecule has 1 aliphatic rings. The number of likely N-dealkylation sites (tertiary alicyclic amines) is 1. The lowest BCUT2D eigenvalue weighted by molar-refractivity contribution is 0.235. The Morgan fingerprint density at radius 2 is 2.18 bits per heavy atom. The van der Waals surface area contributed by atoms with Gasteiger partial charge < -0.3 is 21.1 Å². The first-order valence-corrected chi connectivity index (χ1v) is 6.89. The van der Waals surface area contributed by atoms with Gasteiger partial charge in [0.2, 0.25) is 0 Å². The molecule has 4 nitrogen and oxygen atoms in total. The predicted octanol–water partition coefficient (Wildman–Crippen LogP) is 0.550. The lowest BCUT2D eigenvalue weighted by atomic mass is 9.89. The highest BCUT2D eigenvalue weighted by molar-refractivity contribution is 4.93. The Morgan fingerprint density at radius 1 is 1.41 bits per heavy atom. The standard InChI is InChI=1S/C13H29N3O/c1-12(5-3-10-17)15-13(11-14)6-4-8-16(2)9-7-13/h12,15,17H,3-11,14H2,1-2H3. The van der Waals surface area contributed by atoms with Gasteiger partial charge in [-0.25, -0.2) is 0 Å². The minimum Gasteiger partial charge on any atom is -0.396 e. The predicted molar refractivity (Wildman–Crippen MR) is 72.1 cm³/mol. The molecule has 1 aliphatic heterocycles. The maximum absolute atomic E-state index is 8.86. The maximum atomic E-state index is 8.86. The molecular formula is C13H29N3O. The third-order valence-electron chi connectivity index (χ3n) is 3.91. The third kappa shape index (κ3) is 4.92. The van der Waals surface area contributed by atoms with Gasteiger partial charge in [-0.2, -0.15) is 0 Å². The second kappa shape index (κ2) is 7.31. The van der Waals surface area contributed by atoms with E-state index in [0.29, 0.717) is 12.6 Å². The number of hydrogen-bond acceptors (Lipinski definition) is 4. The topological polar surface area (TPSA) is 61.5 Å². The third-order valence-corrected chi connectivity index (χ3v) is 3.91. The normalized spacial score (nSPS) is 28.9. The van der Waals surface area contributed by atoms with Crippen LogP contribution in [-0.2, 0) is 0 Å². The van der Waals surface area contributed by atoms with Crippen molar-refractivity contribution in [3.63, 3.8) is 0 Å². The Kier molecular flexibility index (Phi) is 6.41. The smallest absolute Gasteiger partial charge is 0.0431 e. The van der Waals surface area contributed by atoms with Crippen LogP contribution in [0.4, 0.5) is 0 Å². The van der Waals surface area contributed by atoms with Gasteiger partial charge in [0.15, 0.2) is 0 Å². The molecule has 2 atom stereocenters. The molecule has 1 saturated heterocycles. The van der Waals surface area contributed by atoms with Gasteiger partial charge in [0, 0.05) is 24.7 Å². The summed E-state index contributed by atoms with van der Waals surface area (Å²) >= 11 is 0. The van der Waals surface area contributed by atoms with Crippen LogP contribution in [0.15, 0.2) is 0 Å². The largest absolute Gasteiger partial charge is 0.396 e. The van der Waals surface area contributed by atoms with Crippen LogP contribution in [0.2, 0.25) is 0 Å². The second-order valence-electron chi connectivity index (χ2n) is 5.55.